The third-order valence-corrected chi connectivity index (χ3v) is 11.0. The molecule has 0 radical (unpaired) electrons. The summed E-state index contributed by atoms with van der Waals surface area (Å²) in [6.45, 7) is 14.6. The molecule has 226 valence electrons. The fourth-order valence-electron chi connectivity index (χ4n) is 5.56. The molecule has 0 aromatic heterocycles. The zero-order valence-electron chi connectivity index (χ0n) is 26.3. The summed E-state index contributed by atoms with van der Waals surface area (Å²) in [5, 5.41) is 2.40. The fraction of sp³-hybridized carbons (Fsp3) is 0.351. The van der Waals surface area contributed by atoms with Gasteiger partial charge in [-0.05, 0) is 41.0 Å². The highest BCUT2D eigenvalue weighted by molar-refractivity contribution is 7.93. The first-order valence-electron chi connectivity index (χ1n) is 14.8. The van der Waals surface area contributed by atoms with Crippen molar-refractivity contribution in [1.29, 1.82) is 0 Å². The van der Waals surface area contributed by atoms with Crippen molar-refractivity contribution in [1.82, 2.24) is 0 Å². The summed E-state index contributed by atoms with van der Waals surface area (Å²) in [5.41, 5.74) is -1.32. The van der Waals surface area contributed by atoms with E-state index < -0.39 is 18.1 Å². The van der Waals surface area contributed by atoms with Crippen LogP contribution in [0.4, 0.5) is 0 Å². The van der Waals surface area contributed by atoms with Gasteiger partial charge in [-0.1, -0.05) is 133 Å². The van der Waals surface area contributed by atoms with Crippen LogP contribution in [-0.4, -0.2) is 24.7 Å². The van der Waals surface area contributed by atoms with E-state index in [1.54, 1.807) is 54.6 Å². The average Bonchev–Trinajstić information content (AvgIpc) is 2.97. The summed E-state index contributed by atoms with van der Waals surface area (Å²) in [6.07, 6.45) is 0.667. The quantitative estimate of drug-likeness (QED) is 0.104. The summed E-state index contributed by atoms with van der Waals surface area (Å²) in [4.78, 5) is 28.0. The SMILES string of the molecule is CC(C)(C)CC(C)(C(=O)OCCOc1ccc2ccccc2c1C(=O)P(=O)(c1ccccc1)c1ccccc1)C(C)(C)C. The van der Waals surface area contributed by atoms with Crippen LogP contribution in [0.15, 0.2) is 97.1 Å². The molecule has 0 aliphatic rings. The van der Waals surface area contributed by atoms with E-state index in [-0.39, 0.29) is 35.6 Å². The number of hydrogen-bond acceptors (Lipinski definition) is 5. The van der Waals surface area contributed by atoms with Crippen molar-refractivity contribution in [2.75, 3.05) is 13.2 Å². The third-order valence-electron chi connectivity index (χ3n) is 8.19. The van der Waals surface area contributed by atoms with Crippen LogP contribution in [0.5, 0.6) is 5.75 Å². The molecular weight excluding hydrogens is 555 g/mol. The molecule has 0 fully saturated rings. The van der Waals surface area contributed by atoms with Crippen LogP contribution in [0.3, 0.4) is 0 Å². The molecule has 0 N–H and O–H groups in total. The van der Waals surface area contributed by atoms with Crippen molar-refractivity contribution in [3.05, 3.63) is 103 Å². The molecule has 4 rings (SSSR count). The number of hydrogen-bond donors (Lipinski definition) is 0. The molecule has 43 heavy (non-hydrogen) atoms. The highest BCUT2D eigenvalue weighted by Gasteiger charge is 2.47. The largest absolute Gasteiger partial charge is 0.489 e. The summed E-state index contributed by atoms with van der Waals surface area (Å²) in [5.74, 6) is 0.0334. The molecule has 0 heterocycles. The van der Waals surface area contributed by atoms with Gasteiger partial charge in [0.25, 0.3) is 0 Å². The Kier molecular flexibility index (Phi) is 9.37. The molecule has 1 atom stereocenters. The molecule has 0 amide bonds. The topological polar surface area (TPSA) is 69.7 Å². The van der Waals surface area contributed by atoms with Crippen LogP contribution in [-0.2, 0) is 14.1 Å². The van der Waals surface area contributed by atoms with Crippen molar-refractivity contribution in [2.45, 2.75) is 54.9 Å². The van der Waals surface area contributed by atoms with E-state index in [1.807, 2.05) is 49.4 Å². The molecule has 5 nitrogen and oxygen atoms in total. The monoisotopic (exact) mass is 598 g/mol. The molecule has 0 spiro atoms. The number of ether oxygens (including phenoxy) is 2. The first-order valence-corrected chi connectivity index (χ1v) is 16.5. The third kappa shape index (κ3) is 6.78. The molecule has 0 bridgehead atoms. The Morgan fingerprint density at radius 2 is 1.21 bits per heavy atom. The lowest BCUT2D eigenvalue weighted by Crippen LogP contribution is -2.44. The van der Waals surface area contributed by atoms with Gasteiger partial charge in [-0.2, -0.15) is 0 Å². The van der Waals surface area contributed by atoms with Crippen LogP contribution >= 0.6 is 7.14 Å². The van der Waals surface area contributed by atoms with E-state index in [0.717, 1.165) is 5.39 Å². The Labute approximate surface area is 256 Å². The fourth-order valence-corrected chi connectivity index (χ4v) is 8.06. The van der Waals surface area contributed by atoms with Crippen molar-refractivity contribution in [3.8, 4) is 5.75 Å². The predicted molar refractivity (Wildman–Crippen MR) is 176 cm³/mol. The molecule has 4 aromatic rings. The van der Waals surface area contributed by atoms with E-state index in [4.69, 9.17) is 9.47 Å². The van der Waals surface area contributed by atoms with E-state index in [1.165, 1.54) is 0 Å². The number of carbonyl (C=O) groups excluding carboxylic acids is 2. The summed E-state index contributed by atoms with van der Waals surface area (Å²) >= 11 is 0. The van der Waals surface area contributed by atoms with Gasteiger partial charge >= 0.3 is 5.97 Å². The van der Waals surface area contributed by atoms with Gasteiger partial charge in [0.15, 0.2) is 0 Å². The van der Waals surface area contributed by atoms with Crippen molar-refractivity contribution in [3.63, 3.8) is 0 Å². The molecule has 6 heteroatoms. The molecular formula is C37H43O5P. The Morgan fingerprint density at radius 3 is 1.74 bits per heavy atom. The van der Waals surface area contributed by atoms with Gasteiger partial charge in [-0.25, -0.2) is 0 Å². The van der Waals surface area contributed by atoms with Crippen LogP contribution < -0.4 is 15.3 Å². The van der Waals surface area contributed by atoms with Crippen LogP contribution in [0, 0.1) is 16.2 Å². The van der Waals surface area contributed by atoms with Gasteiger partial charge in [0.05, 0.1) is 11.0 Å². The lowest BCUT2D eigenvalue weighted by atomic mass is 9.61. The Bertz CT molecular complexity index is 1590. The van der Waals surface area contributed by atoms with Crippen LogP contribution in [0.1, 0.15) is 65.2 Å². The first kappa shape index (κ1) is 32.2. The summed E-state index contributed by atoms with van der Waals surface area (Å²) in [6, 6.07) is 28.9. The van der Waals surface area contributed by atoms with E-state index >= 15 is 0 Å². The molecule has 0 saturated carbocycles. The summed E-state index contributed by atoms with van der Waals surface area (Å²) < 4.78 is 26.9. The minimum absolute atomic E-state index is 0.0180. The molecule has 4 aromatic carbocycles. The predicted octanol–water partition coefficient (Wildman–Crippen LogP) is 8.40. The molecule has 0 aliphatic heterocycles. The smallest absolute Gasteiger partial charge is 0.312 e. The maximum Gasteiger partial charge on any atom is 0.312 e. The molecule has 1 unspecified atom stereocenters. The van der Waals surface area contributed by atoms with E-state index in [2.05, 4.69) is 41.5 Å². The number of esters is 1. The van der Waals surface area contributed by atoms with Crippen molar-refractivity contribution >= 4 is 40.0 Å². The van der Waals surface area contributed by atoms with Crippen LogP contribution in [0.2, 0.25) is 0 Å². The number of carbonyl (C=O) groups is 2. The highest BCUT2D eigenvalue weighted by Crippen LogP contribution is 2.50. The second-order valence-electron chi connectivity index (χ2n) is 13.5. The Balaban J connectivity index is 1.67. The van der Waals surface area contributed by atoms with Gasteiger partial charge in [0.2, 0.25) is 12.7 Å². The van der Waals surface area contributed by atoms with Gasteiger partial charge in [-0.3, -0.25) is 9.59 Å². The maximum atomic E-state index is 15.0. The minimum atomic E-state index is -3.79. The molecule has 0 saturated heterocycles. The highest BCUT2D eigenvalue weighted by atomic mass is 31.2. The van der Waals surface area contributed by atoms with Crippen molar-refractivity contribution in [2.24, 2.45) is 16.2 Å². The second-order valence-corrected chi connectivity index (χ2v) is 16.2. The number of benzene rings is 4. The summed E-state index contributed by atoms with van der Waals surface area (Å²) in [7, 11) is -3.79. The first-order chi connectivity index (χ1) is 20.2. The zero-order valence-corrected chi connectivity index (χ0v) is 27.2. The lowest BCUT2D eigenvalue weighted by molar-refractivity contribution is -0.165. The standard InChI is InChI=1S/C37H43O5P/c1-35(2,3)26-37(7,36(4,5)6)34(39)42-25-24-41-31-23-22-27-16-14-15-21-30(27)32(31)33(38)43(40,28-17-10-8-11-18-28)29-19-12-9-13-20-29/h8-23H,24-26H2,1-7H3. The second kappa shape index (κ2) is 12.5. The average molecular weight is 599 g/mol. The molecule has 0 aliphatic carbocycles. The minimum Gasteiger partial charge on any atom is -0.489 e. The van der Waals surface area contributed by atoms with Crippen molar-refractivity contribution < 1.29 is 23.6 Å². The van der Waals surface area contributed by atoms with Gasteiger partial charge in [-0.15, -0.1) is 0 Å². The van der Waals surface area contributed by atoms with Gasteiger partial charge < -0.3 is 14.0 Å². The maximum absolute atomic E-state index is 15.0. The number of fused-ring (bicyclic) bond motifs is 1. The van der Waals surface area contributed by atoms with Gasteiger partial charge in [0.1, 0.15) is 19.0 Å². The Morgan fingerprint density at radius 1 is 0.674 bits per heavy atom. The number of rotatable bonds is 10. The normalized spacial score (nSPS) is 13.7. The zero-order chi connectivity index (χ0) is 31.5. The van der Waals surface area contributed by atoms with E-state index in [9.17, 15) is 14.2 Å². The van der Waals surface area contributed by atoms with E-state index in [0.29, 0.717) is 28.2 Å². The Hall–Kier alpha value is -3.69. The van der Waals surface area contributed by atoms with Gasteiger partial charge in [0, 0.05) is 10.6 Å². The lowest BCUT2D eigenvalue weighted by Gasteiger charge is -2.43. The van der Waals surface area contributed by atoms with Crippen LogP contribution in [0.25, 0.3) is 10.8 Å².